The summed E-state index contributed by atoms with van der Waals surface area (Å²) in [6, 6.07) is 4.59. The van der Waals surface area contributed by atoms with Gasteiger partial charge in [-0.1, -0.05) is 15.9 Å². The fraction of sp³-hybridized carbons (Fsp3) is 0.500. The van der Waals surface area contributed by atoms with Crippen LogP contribution in [0.3, 0.4) is 0 Å². The van der Waals surface area contributed by atoms with Crippen molar-refractivity contribution in [3.63, 3.8) is 0 Å². The van der Waals surface area contributed by atoms with Gasteiger partial charge in [0.15, 0.2) is 5.96 Å². The molecule has 0 atom stereocenters. The normalized spacial score (nSPS) is 15.4. The number of benzene rings is 1. The molecule has 1 saturated heterocycles. The number of nitrogens with one attached hydrogen (secondary N) is 1. The van der Waals surface area contributed by atoms with Crippen LogP contribution < -0.4 is 5.32 Å². The molecule has 6 nitrogen and oxygen atoms in total. The Kier molecular flexibility index (Phi) is 6.84. The van der Waals surface area contributed by atoms with Crippen LogP contribution in [-0.2, 0) is 11.3 Å². The Balaban J connectivity index is 1.89. The van der Waals surface area contributed by atoms with Gasteiger partial charge in [0.1, 0.15) is 5.82 Å². The Morgan fingerprint density at radius 2 is 2.00 bits per heavy atom. The number of carbonyl (C=O) groups is 1. The molecule has 0 bridgehead atoms. The molecule has 2 rings (SSSR count). The summed E-state index contributed by atoms with van der Waals surface area (Å²) in [7, 11) is 1.71. The average Bonchev–Trinajstić information content (AvgIpc) is 2.59. The fourth-order valence-electron chi connectivity index (χ4n) is 2.50. The SMILES string of the molecule is CCOC(=O)N1CCN(C(=NC)NCc2cc(F)ccc2Br)CC1. The predicted octanol–water partition coefficient (Wildman–Crippen LogP) is 2.44. The molecule has 1 fully saturated rings. The number of nitrogens with zero attached hydrogens (tertiary/aromatic N) is 3. The van der Waals surface area contributed by atoms with Crippen molar-refractivity contribution in [2.24, 2.45) is 4.99 Å². The minimum Gasteiger partial charge on any atom is -0.450 e. The smallest absolute Gasteiger partial charge is 0.409 e. The van der Waals surface area contributed by atoms with Gasteiger partial charge in [-0.3, -0.25) is 4.99 Å². The lowest BCUT2D eigenvalue weighted by Crippen LogP contribution is -2.53. The van der Waals surface area contributed by atoms with Crippen LogP contribution in [0.15, 0.2) is 27.7 Å². The van der Waals surface area contributed by atoms with E-state index < -0.39 is 0 Å². The van der Waals surface area contributed by atoms with E-state index in [-0.39, 0.29) is 11.9 Å². The van der Waals surface area contributed by atoms with Crippen LogP contribution in [0, 0.1) is 5.82 Å². The van der Waals surface area contributed by atoms with Gasteiger partial charge in [-0.05, 0) is 30.7 Å². The first-order chi connectivity index (χ1) is 11.5. The van der Waals surface area contributed by atoms with Crippen LogP contribution in [-0.4, -0.2) is 61.7 Å². The number of ether oxygens (including phenoxy) is 1. The van der Waals surface area contributed by atoms with Crippen molar-refractivity contribution in [1.82, 2.24) is 15.1 Å². The molecule has 132 valence electrons. The van der Waals surface area contributed by atoms with Gasteiger partial charge in [0.25, 0.3) is 0 Å². The lowest BCUT2D eigenvalue weighted by atomic mass is 10.2. The standard InChI is InChI=1S/C16H22BrFN4O2/c1-3-24-16(23)22-8-6-21(7-9-22)15(19-2)20-11-12-10-13(18)4-5-14(12)17/h4-5,10H,3,6-9,11H2,1-2H3,(H,19,20). The van der Waals surface area contributed by atoms with Crippen LogP contribution >= 0.6 is 15.9 Å². The highest BCUT2D eigenvalue weighted by molar-refractivity contribution is 9.10. The Morgan fingerprint density at radius 3 is 2.62 bits per heavy atom. The first kappa shape index (κ1) is 18.5. The number of hydrogen-bond donors (Lipinski definition) is 1. The summed E-state index contributed by atoms with van der Waals surface area (Å²) >= 11 is 3.42. The highest BCUT2D eigenvalue weighted by atomic mass is 79.9. The van der Waals surface area contributed by atoms with Gasteiger partial charge in [-0.15, -0.1) is 0 Å². The number of rotatable bonds is 3. The minimum absolute atomic E-state index is 0.270. The second-order valence-electron chi connectivity index (χ2n) is 5.31. The minimum atomic E-state index is -0.274. The zero-order chi connectivity index (χ0) is 17.5. The summed E-state index contributed by atoms with van der Waals surface area (Å²) in [6.45, 7) is 5.15. The third-order valence-corrected chi connectivity index (χ3v) is 4.54. The summed E-state index contributed by atoms with van der Waals surface area (Å²) in [5, 5.41) is 3.24. The summed E-state index contributed by atoms with van der Waals surface area (Å²) in [6.07, 6.45) is -0.274. The van der Waals surface area contributed by atoms with Gasteiger partial charge in [0.05, 0.1) is 6.61 Å². The van der Waals surface area contributed by atoms with Crippen molar-refractivity contribution >= 4 is 28.0 Å². The van der Waals surface area contributed by atoms with Gasteiger partial charge in [0, 0.05) is 44.2 Å². The van der Waals surface area contributed by atoms with Gasteiger partial charge < -0.3 is 19.9 Å². The van der Waals surface area contributed by atoms with E-state index in [1.165, 1.54) is 12.1 Å². The van der Waals surface area contributed by atoms with Crippen molar-refractivity contribution < 1.29 is 13.9 Å². The molecule has 0 saturated carbocycles. The van der Waals surface area contributed by atoms with E-state index in [2.05, 4.69) is 31.1 Å². The molecule has 1 amide bonds. The van der Waals surface area contributed by atoms with E-state index in [4.69, 9.17) is 4.74 Å². The van der Waals surface area contributed by atoms with Crippen LogP contribution in [0.2, 0.25) is 0 Å². The molecule has 0 radical (unpaired) electrons. The molecule has 0 aromatic heterocycles. The van der Waals surface area contributed by atoms with Gasteiger partial charge >= 0.3 is 6.09 Å². The molecule has 24 heavy (non-hydrogen) atoms. The van der Waals surface area contributed by atoms with E-state index in [0.717, 1.165) is 16.0 Å². The molecule has 1 heterocycles. The fourth-order valence-corrected chi connectivity index (χ4v) is 2.89. The van der Waals surface area contributed by atoms with E-state index in [1.54, 1.807) is 24.9 Å². The van der Waals surface area contributed by atoms with Crippen LogP contribution in [0.4, 0.5) is 9.18 Å². The van der Waals surface area contributed by atoms with Crippen molar-refractivity contribution in [2.45, 2.75) is 13.5 Å². The largest absolute Gasteiger partial charge is 0.450 e. The van der Waals surface area contributed by atoms with Gasteiger partial charge in [-0.25, -0.2) is 9.18 Å². The molecule has 1 N–H and O–H groups in total. The predicted molar refractivity (Wildman–Crippen MR) is 94.5 cm³/mol. The number of halogens is 2. The third-order valence-electron chi connectivity index (χ3n) is 3.76. The molecule has 1 aromatic carbocycles. The van der Waals surface area contributed by atoms with Gasteiger partial charge in [-0.2, -0.15) is 0 Å². The maximum absolute atomic E-state index is 13.4. The number of guanidine groups is 1. The molecule has 1 aliphatic heterocycles. The van der Waals surface area contributed by atoms with Crippen molar-refractivity contribution in [1.29, 1.82) is 0 Å². The summed E-state index contributed by atoms with van der Waals surface area (Å²) in [5.74, 6) is 0.461. The van der Waals surface area contributed by atoms with Gasteiger partial charge in [0.2, 0.25) is 0 Å². The van der Waals surface area contributed by atoms with Crippen molar-refractivity contribution in [2.75, 3.05) is 39.8 Å². The zero-order valence-corrected chi connectivity index (χ0v) is 15.5. The van der Waals surface area contributed by atoms with Crippen LogP contribution in [0.5, 0.6) is 0 Å². The Hall–Kier alpha value is -1.83. The molecule has 0 spiro atoms. The number of piperazine rings is 1. The molecule has 8 heteroatoms. The van der Waals surface area contributed by atoms with E-state index >= 15 is 0 Å². The van der Waals surface area contributed by atoms with Crippen molar-refractivity contribution in [3.05, 3.63) is 34.1 Å². The number of hydrogen-bond acceptors (Lipinski definition) is 3. The number of amides is 1. The highest BCUT2D eigenvalue weighted by Gasteiger charge is 2.23. The topological polar surface area (TPSA) is 57.2 Å². The van der Waals surface area contributed by atoms with E-state index in [9.17, 15) is 9.18 Å². The first-order valence-electron chi connectivity index (χ1n) is 7.86. The number of carbonyl (C=O) groups excluding carboxylic acids is 1. The molecule has 0 unspecified atom stereocenters. The summed E-state index contributed by atoms with van der Waals surface area (Å²) < 4.78 is 19.2. The quantitative estimate of drug-likeness (QED) is 0.625. The monoisotopic (exact) mass is 400 g/mol. The average molecular weight is 401 g/mol. The number of aliphatic imine (C=N–C) groups is 1. The summed E-state index contributed by atoms with van der Waals surface area (Å²) in [5.41, 5.74) is 0.821. The Morgan fingerprint density at radius 1 is 1.33 bits per heavy atom. The zero-order valence-electron chi connectivity index (χ0n) is 13.9. The Labute approximate surface area is 149 Å². The second-order valence-corrected chi connectivity index (χ2v) is 6.16. The molecule has 1 aliphatic rings. The van der Waals surface area contributed by atoms with E-state index in [0.29, 0.717) is 39.3 Å². The molecule has 0 aliphatic carbocycles. The van der Waals surface area contributed by atoms with Crippen molar-refractivity contribution in [3.8, 4) is 0 Å². The Bertz CT molecular complexity index is 604. The first-order valence-corrected chi connectivity index (χ1v) is 8.65. The lowest BCUT2D eigenvalue weighted by molar-refractivity contribution is 0.0914. The maximum Gasteiger partial charge on any atom is 0.409 e. The molecular weight excluding hydrogens is 379 g/mol. The van der Waals surface area contributed by atoms with Crippen LogP contribution in [0.1, 0.15) is 12.5 Å². The summed E-state index contributed by atoms with van der Waals surface area (Å²) in [4.78, 5) is 19.8. The lowest BCUT2D eigenvalue weighted by Gasteiger charge is -2.35. The van der Waals surface area contributed by atoms with E-state index in [1.807, 2.05) is 0 Å². The second kappa shape index (κ2) is 8.86. The molecule has 1 aromatic rings. The molecular formula is C16H22BrFN4O2. The highest BCUT2D eigenvalue weighted by Crippen LogP contribution is 2.17. The third kappa shape index (κ3) is 4.83. The van der Waals surface area contributed by atoms with Crippen LogP contribution in [0.25, 0.3) is 0 Å². The maximum atomic E-state index is 13.4.